The maximum Gasteiger partial charge on any atom is 0.176 e. The highest BCUT2D eigenvalue weighted by Gasteiger charge is 1.89. The van der Waals surface area contributed by atoms with Crippen LogP contribution < -0.4 is 5.32 Å². The standard InChI is InChI=1S/C7H8N2S/c8-6-9-3-1-7-2-4-10-5-7/h2,4-5,9H,1,3H2. The Bertz CT molecular complexity index is 210. The van der Waals surface area contributed by atoms with Crippen LogP contribution in [0.15, 0.2) is 16.8 Å². The van der Waals surface area contributed by atoms with Gasteiger partial charge in [-0.15, -0.1) is 0 Å². The molecule has 0 amide bonds. The third kappa shape index (κ3) is 2.08. The average Bonchev–Trinajstić information content (AvgIpc) is 2.41. The van der Waals surface area contributed by atoms with E-state index in [0.29, 0.717) is 0 Å². The lowest BCUT2D eigenvalue weighted by atomic mass is 10.2. The zero-order valence-corrected chi connectivity index (χ0v) is 6.32. The first-order valence-corrected chi connectivity index (χ1v) is 4.01. The molecule has 0 bridgehead atoms. The van der Waals surface area contributed by atoms with Crippen molar-refractivity contribution >= 4 is 11.3 Å². The van der Waals surface area contributed by atoms with Crippen LogP contribution in [0.1, 0.15) is 5.56 Å². The van der Waals surface area contributed by atoms with E-state index >= 15 is 0 Å². The Hall–Kier alpha value is -1.01. The quantitative estimate of drug-likeness (QED) is 0.403. The molecule has 52 valence electrons. The molecule has 1 aromatic rings. The molecule has 0 saturated heterocycles. The van der Waals surface area contributed by atoms with Crippen LogP contribution in [0.25, 0.3) is 0 Å². The smallest absolute Gasteiger partial charge is 0.176 e. The van der Waals surface area contributed by atoms with Gasteiger partial charge < -0.3 is 5.32 Å². The first-order chi connectivity index (χ1) is 4.93. The summed E-state index contributed by atoms with van der Waals surface area (Å²) < 4.78 is 0. The second-order valence-electron chi connectivity index (χ2n) is 1.92. The lowest BCUT2D eigenvalue weighted by Crippen LogP contribution is -2.08. The summed E-state index contributed by atoms with van der Waals surface area (Å²) in [5.41, 5.74) is 1.30. The summed E-state index contributed by atoms with van der Waals surface area (Å²) >= 11 is 1.69. The number of nitrogens with one attached hydrogen (secondary N) is 1. The zero-order chi connectivity index (χ0) is 7.23. The molecular weight excluding hydrogens is 144 g/mol. The summed E-state index contributed by atoms with van der Waals surface area (Å²) in [5.74, 6) is 0. The predicted molar refractivity (Wildman–Crippen MR) is 41.6 cm³/mol. The summed E-state index contributed by atoms with van der Waals surface area (Å²) in [7, 11) is 0. The Kier molecular flexibility index (Phi) is 2.78. The molecule has 0 aliphatic carbocycles. The number of rotatable bonds is 3. The van der Waals surface area contributed by atoms with Crippen LogP contribution in [0.5, 0.6) is 0 Å². The molecule has 0 fully saturated rings. The Morgan fingerprint density at radius 3 is 3.20 bits per heavy atom. The van der Waals surface area contributed by atoms with Gasteiger partial charge in [-0.1, -0.05) is 0 Å². The maximum absolute atomic E-state index is 8.14. The van der Waals surface area contributed by atoms with Crippen molar-refractivity contribution < 1.29 is 0 Å². The van der Waals surface area contributed by atoms with Crippen LogP contribution in [0.4, 0.5) is 0 Å². The van der Waals surface area contributed by atoms with Gasteiger partial charge in [-0.25, -0.2) is 0 Å². The molecule has 0 spiro atoms. The number of thiophene rings is 1. The van der Waals surface area contributed by atoms with Crippen LogP contribution >= 0.6 is 11.3 Å². The van der Waals surface area contributed by atoms with Gasteiger partial charge in [0.2, 0.25) is 0 Å². The predicted octanol–water partition coefficient (Wildman–Crippen LogP) is 1.36. The Morgan fingerprint density at radius 1 is 1.70 bits per heavy atom. The molecule has 0 aliphatic rings. The van der Waals surface area contributed by atoms with E-state index in [-0.39, 0.29) is 0 Å². The van der Waals surface area contributed by atoms with Crippen molar-refractivity contribution in [1.29, 1.82) is 5.26 Å². The average molecular weight is 152 g/mol. The van der Waals surface area contributed by atoms with Crippen molar-refractivity contribution in [1.82, 2.24) is 5.32 Å². The molecule has 3 heteroatoms. The van der Waals surface area contributed by atoms with Gasteiger partial charge in [0.05, 0.1) is 0 Å². The normalized spacial score (nSPS) is 8.70. The monoisotopic (exact) mass is 152 g/mol. The van der Waals surface area contributed by atoms with Crippen molar-refractivity contribution in [3.05, 3.63) is 22.4 Å². The molecule has 0 atom stereocenters. The largest absolute Gasteiger partial charge is 0.324 e. The van der Waals surface area contributed by atoms with E-state index in [2.05, 4.69) is 16.8 Å². The minimum absolute atomic E-state index is 0.743. The van der Waals surface area contributed by atoms with E-state index in [1.54, 1.807) is 11.3 Å². The lowest BCUT2D eigenvalue weighted by Gasteiger charge is -1.92. The SMILES string of the molecule is N#CNCCc1ccsc1. The second kappa shape index (κ2) is 3.91. The fourth-order valence-electron chi connectivity index (χ4n) is 0.698. The van der Waals surface area contributed by atoms with Crippen LogP contribution in [0.3, 0.4) is 0 Å². The van der Waals surface area contributed by atoms with Crippen molar-refractivity contribution in [2.45, 2.75) is 6.42 Å². The molecule has 0 radical (unpaired) electrons. The molecule has 1 heterocycles. The van der Waals surface area contributed by atoms with Crippen molar-refractivity contribution in [2.24, 2.45) is 0 Å². The van der Waals surface area contributed by atoms with Gasteiger partial charge in [0.1, 0.15) is 0 Å². The van der Waals surface area contributed by atoms with Crippen LogP contribution in [-0.4, -0.2) is 6.54 Å². The summed E-state index contributed by atoms with van der Waals surface area (Å²) in [4.78, 5) is 0. The summed E-state index contributed by atoms with van der Waals surface area (Å²) in [5, 5.41) is 14.9. The molecular formula is C7H8N2S. The van der Waals surface area contributed by atoms with E-state index in [9.17, 15) is 0 Å². The van der Waals surface area contributed by atoms with E-state index in [1.807, 2.05) is 11.6 Å². The minimum Gasteiger partial charge on any atom is -0.324 e. The fourth-order valence-corrected chi connectivity index (χ4v) is 1.40. The fraction of sp³-hybridized carbons (Fsp3) is 0.286. The molecule has 1 N–H and O–H groups in total. The van der Waals surface area contributed by atoms with Gasteiger partial charge in [-0.05, 0) is 28.8 Å². The summed E-state index contributed by atoms with van der Waals surface area (Å²) in [6.45, 7) is 0.743. The maximum atomic E-state index is 8.14. The van der Waals surface area contributed by atoms with Gasteiger partial charge in [0, 0.05) is 6.54 Å². The van der Waals surface area contributed by atoms with E-state index < -0.39 is 0 Å². The first kappa shape index (κ1) is 7.10. The highest BCUT2D eigenvalue weighted by atomic mass is 32.1. The van der Waals surface area contributed by atoms with Crippen LogP contribution in [0, 0.1) is 11.5 Å². The molecule has 0 unspecified atom stereocenters. The molecule has 0 aromatic carbocycles. The topological polar surface area (TPSA) is 35.8 Å². The van der Waals surface area contributed by atoms with Gasteiger partial charge in [-0.2, -0.15) is 16.6 Å². The van der Waals surface area contributed by atoms with Gasteiger partial charge in [0.15, 0.2) is 6.19 Å². The Labute approximate surface area is 64.1 Å². The number of nitriles is 1. The van der Waals surface area contributed by atoms with Gasteiger partial charge in [-0.3, -0.25) is 0 Å². The van der Waals surface area contributed by atoms with Gasteiger partial charge >= 0.3 is 0 Å². The van der Waals surface area contributed by atoms with Crippen LogP contribution in [0.2, 0.25) is 0 Å². The molecule has 1 aromatic heterocycles. The van der Waals surface area contributed by atoms with Crippen molar-refractivity contribution in [3.63, 3.8) is 0 Å². The van der Waals surface area contributed by atoms with E-state index in [1.165, 1.54) is 5.56 Å². The molecule has 0 aliphatic heterocycles. The molecule has 0 saturated carbocycles. The number of hydrogen-bond donors (Lipinski definition) is 1. The Balaban J connectivity index is 2.23. The highest BCUT2D eigenvalue weighted by molar-refractivity contribution is 7.07. The number of nitrogens with zero attached hydrogens (tertiary/aromatic N) is 1. The molecule has 2 nitrogen and oxygen atoms in total. The molecule has 10 heavy (non-hydrogen) atoms. The third-order valence-electron chi connectivity index (χ3n) is 1.20. The van der Waals surface area contributed by atoms with Crippen LogP contribution in [-0.2, 0) is 6.42 Å². The summed E-state index contributed by atoms with van der Waals surface area (Å²) in [6, 6.07) is 2.07. The lowest BCUT2D eigenvalue weighted by molar-refractivity contribution is 0.846. The zero-order valence-electron chi connectivity index (χ0n) is 5.50. The first-order valence-electron chi connectivity index (χ1n) is 3.06. The highest BCUT2D eigenvalue weighted by Crippen LogP contribution is 2.05. The number of hydrogen-bond acceptors (Lipinski definition) is 3. The molecule has 1 rings (SSSR count). The minimum atomic E-state index is 0.743. The third-order valence-corrected chi connectivity index (χ3v) is 1.93. The summed E-state index contributed by atoms with van der Waals surface area (Å²) in [6.07, 6.45) is 2.83. The van der Waals surface area contributed by atoms with Crippen molar-refractivity contribution in [3.8, 4) is 6.19 Å². The second-order valence-corrected chi connectivity index (χ2v) is 2.70. The van der Waals surface area contributed by atoms with E-state index in [4.69, 9.17) is 5.26 Å². The Morgan fingerprint density at radius 2 is 2.60 bits per heavy atom. The van der Waals surface area contributed by atoms with E-state index in [0.717, 1.165) is 13.0 Å². The van der Waals surface area contributed by atoms with Gasteiger partial charge in [0.25, 0.3) is 0 Å². The van der Waals surface area contributed by atoms with Crippen molar-refractivity contribution in [2.75, 3.05) is 6.54 Å².